The number of nitrogens with zero attached hydrogens (tertiary/aromatic N) is 14. The van der Waals surface area contributed by atoms with E-state index in [0.29, 0.717) is 68.6 Å². The van der Waals surface area contributed by atoms with E-state index in [9.17, 15) is 21.0 Å². The first-order valence-corrected chi connectivity index (χ1v) is 43.5. The topological polar surface area (TPSA) is 191 Å². The SMILES string of the molecule is [C-]#[N+]c1cc(C#N)cc(-c2ccc3c(c2)c2ccccc2n3-c2ccc(-c3ccc4c(c3)sc3ccccc34)cc2-c2nc(-c3ccccc3)nc(-c3ccccc3)n2)c1.[C-]#[N+]c1cc(C#N)cc(-c2ccc3c4ccc(-c5cc(C#N)cc(C#N)c5)cc4n(-c4ccc(-c5ccc6c(c5)sc5ccccc56)cc4-c4nc(-c5ccccc5)nc(-c5ccccc5)n4)c3c2)c1. The van der Waals surface area contributed by atoms with Gasteiger partial charge in [0.15, 0.2) is 46.3 Å². The van der Waals surface area contributed by atoms with Crippen LogP contribution in [0, 0.1) is 58.5 Å². The van der Waals surface area contributed by atoms with Gasteiger partial charge in [-0.2, -0.15) is 21.0 Å². The average molecular weight is 1690 g/mol. The lowest BCUT2D eigenvalue weighted by atomic mass is 9.98. The van der Waals surface area contributed by atoms with Crippen molar-refractivity contribution >= 4 is 118 Å². The van der Waals surface area contributed by atoms with E-state index >= 15 is 0 Å². The standard InChI is InChI=1S/C61H32N8S.C53H30N6S/c1-65-48-28-39(36-64)27-47(29-48)44-17-21-50-49-20-16-43(46-25-37(34-62)24-38(26-46)35-63)31-55(49)69(56(50)32-44)54-23-19-42(45-18-22-52-51-14-8-9-15-57(51)70-58(52)33-45)30-53(54)61-67-59(40-10-4-2-5-11-40)66-60(68-61)41-12-6-3-7-13-41;1-55-40-27-33(32-54)26-39(28-40)37-22-24-47-44(29-37)41-16-8-10-18-46(41)59(47)48-25-21-36(38-20-23-43-42-17-9-11-19-49(42)60-50(43)31-38)30-45(48)53-57-51(34-12-4-2-5-13-34)56-52(58-53)35-14-6-3-7-15-35/h2-33H;2-31H. The van der Waals surface area contributed by atoms with Gasteiger partial charge >= 0.3 is 0 Å². The highest BCUT2D eigenvalue weighted by Crippen LogP contribution is 2.47. The van der Waals surface area contributed by atoms with Crippen molar-refractivity contribution in [3.63, 3.8) is 0 Å². The van der Waals surface area contributed by atoms with Gasteiger partial charge in [0.25, 0.3) is 0 Å². The summed E-state index contributed by atoms with van der Waals surface area (Å²) >= 11 is 3.59. The fraction of sp³-hybridized carbons (Fsp3) is 0. The van der Waals surface area contributed by atoms with Crippen molar-refractivity contribution in [3.8, 4) is 160 Å². The molecule has 0 radical (unpaired) electrons. The molecule has 6 aromatic heterocycles. The van der Waals surface area contributed by atoms with Crippen LogP contribution in [-0.4, -0.2) is 39.0 Å². The first kappa shape index (κ1) is 77.8. The number of benzene rings is 17. The first-order chi connectivity index (χ1) is 64.1. The van der Waals surface area contributed by atoms with Crippen molar-refractivity contribution in [2.75, 3.05) is 0 Å². The molecule has 0 saturated carbocycles. The molecule has 0 atom stereocenters. The highest BCUT2D eigenvalue weighted by molar-refractivity contribution is 7.26. The minimum Gasteiger partial charge on any atom is -0.309 e. The second-order valence-corrected chi connectivity index (χ2v) is 33.7. The molecular formula is C114H62N14S2. The van der Waals surface area contributed by atoms with E-state index in [4.69, 9.17) is 43.0 Å². The van der Waals surface area contributed by atoms with Crippen molar-refractivity contribution in [1.29, 1.82) is 21.0 Å². The number of hydrogen-bond donors (Lipinski definition) is 0. The van der Waals surface area contributed by atoms with Gasteiger partial charge in [0.2, 0.25) is 0 Å². The summed E-state index contributed by atoms with van der Waals surface area (Å²) < 4.78 is 9.45. The Kier molecular flexibility index (Phi) is 19.6. The molecule has 0 aliphatic carbocycles. The van der Waals surface area contributed by atoms with Crippen LogP contribution in [-0.2, 0) is 0 Å². The van der Waals surface area contributed by atoms with Gasteiger partial charge in [-0.1, -0.05) is 243 Å². The number of rotatable bonds is 13. The highest BCUT2D eigenvalue weighted by Gasteiger charge is 2.26. The summed E-state index contributed by atoms with van der Waals surface area (Å²) in [5.74, 6) is 3.26. The molecule has 14 nitrogen and oxygen atoms in total. The molecule has 23 aromatic rings. The predicted octanol–water partition coefficient (Wildman–Crippen LogP) is 29.6. The third kappa shape index (κ3) is 14.3. The van der Waals surface area contributed by atoms with Crippen LogP contribution in [0.5, 0.6) is 0 Å². The van der Waals surface area contributed by atoms with Gasteiger partial charge < -0.3 is 9.13 Å². The quantitative estimate of drug-likeness (QED) is 0.100. The molecule has 16 heteroatoms. The minimum absolute atomic E-state index is 0.376. The fourth-order valence-electron chi connectivity index (χ4n) is 17.6. The molecule has 6 heterocycles. The summed E-state index contributed by atoms with van der Waals surface area (Å²) in [6, 6.07) is 135. The summed E-state index contributed by atoms with van der Waals surface area (Å²) in [7, 11) is 0. The van der Waals surface area contributed by atoms with Crippen molar-refractivity contribution < 1.29 is 0 Å². The average Bonchev–Trinajstić information content (AvgIpc) is 1.57. The normalized spacial score (nSPS) is 11.2. The lowest BCUT2D eigenvalue weighted by Crippen LogP contribution is -2.04. The Hall–Kier alpha value is -18.3. The van der Waals surface area contributed by atoms with Gasteiger partial charge in [0, 0.05) is 106 Å². The largest absolute Gasteiger partial charge is 0.309 e. The van der Waals surface area contributed by atoms with Gasteiger partial charge in [-0.15, -0.1) is 22.7 Å². The van der Waals surface area contributed by atoms with Crippen LogP contribution in [0.4, 0.5) is 11.4 Å². The number of hydrogen-bond acceptors (Lipinski definition) is 12. The molecule has 0 amide bonds. The van der Waals surface area contributed by atoms with Gasteiger partial charge in [-0.25, -0.2) is 39.6 Å². The molecule has 130 heavy (non-hydrogen) atoms. The Morgan fingerprint density at radius 2 is 0.515 bits per heavy atom. The van der Waals surface area contributed by atoms with Crippen LogP contribution in [0.15, 0.2) is 376 Å². The zero-order chi connectivity index (χ0) is 87.5. The molecule has 0 fully saturated rings. The molecule has 0 unspecified atom stereocenters. The predicted molar refractivity (Wildman–Crippen MR) is 525 cm³/mol. The molecule has 0 N–H and O–H groups in total. The van der Waals surface area contributed by atoms with Crippen LogP contribution >= 0.6 is 22.7 Å². The zero-order valence-corrected chi connectivity index (χ0v) is 70.5. The smallest absolute Gasteiger partial charge is 0.189 e. The lowest BCUT2D eigenvalue weighted by Gasteiger charge is -2.17. The van der Waals surface area contributed by atoms with E-state index < -0.39 is 0 Å². The van der Waals surface area contributed by atoms with Crippen LogP contribution in [0.3, 0.4) is 0 Å². The molecule has 0 saturated heterocycles. The maximum absolute atomic E-state index is 9.98. The lowest BCUT2D eigenvalue weighted by molar-refractivity contribution is 1.06. The summed E-state index contributed by atoms with van der Waals surface area (Å²) in [5, 5.41) is 48.7. The van der Waals surface area contributed by atoms with Gasteiger partial charge in [-0.3, -0.25) is 0 Å². The number of fused-ring (bicyclic) bond motifs is 12. The van der Waals surface area contributed by atoms with Crippen LogP contribution < -0.4 is 0 Å². The summed E-state index contributed by atoms with van der Waals surface area (Å²) in [6.45, 7) is 15.5. The number of thiophene rings is 2. The second kappa shape index (κ2) is 32.8. The molecule has 0 aliphatic rings. The fourth-order valence-corrected chi connectivity index (χ4v) is 19.9. The monoisotopic (exact) mass is 1690 g/mol. The zero-order valence-electron chi connectivity index (χ0n) is 68.9. The Labute approximate surface area is 753 Å². The van der Waals surface area contributed by atoms with Gasteiger partial charge in [-0.05, 0) is 189 Å². The number of aromatic nitrogens is 8. The van der Waals surface area contributed by atoms with E-state index in [1.165, 1.54) is 40.3 Å². The third-order valence-corrected chi connectivity index (χ3v) is 26.0. The highest BCUT2D eigenvalue weighted by atomic mass is 32.1. The summed E-state index contributed by atoms with van der Waals surface area (Å²) in [4.78, 5) is 38.5. The maximum Gasteiger partial charge on any atom is 0.189 e. The molecular weight excluding hydrogens is 1630 g/mol. The van der Waals surface area contributed by atoms with Crippen molar-refractivity contribution in [2.45, 2.75) is 0 Å². The number of nitriles is 4. The van der Waals surface area contributed by atoms with E-state index in [1.807, 2.05) is 169 Å². The van der Waals surface area contributed by atoms with E-state index in [1.54, 1.807) is 41.7 Å². The van der Waals surface area contributed by atoms with Crippen molar-refractivity contribution in [2.24, 2.45) is 0 Å². The Morgan fingerprint density at radius 1 is 0.215 bits per heavy atom. The third-order valence-electron chi connectivity index (χ3n) is 23.8. The van der Waals surface area contributed by atoms with E-state index in [-0.39, 0.29) is 0 Å². The Morgan fingerprint density at radius 3 is 0.931 bits per heavy atom. The second-order valence-electron chi connectivity index (χ2n) is 31.5. The molecule has 0 aliphatic heterocycles. The molecule has 600 valence electrons. The van der Waals surface area contributed by atoms with Gasteiger partial charge in [0.1, 0.15) is 0 Å². The Balaban J connectivity index is 0.000000154. The van der Waals surface area contributed by atoms with Crippen LogP contribution in [0.2, 0.25) is 0 Å². The van der Waals surface area contributed by atoms with E-state index in [2.05, 4.69) is 231 Å². The summed E-state index contributed by atoms with van der Waals surface area (Å²) in [6.07, 6.45) is 0. The molecule has 17 aromatic carbocycles. The van der Waals surface area contributed by atoms with Crippen LogP contribution in [0.25, 0.3) is 229 Å². The number of para-hydroxylation sites is 1. The van der Waals surface area contributed by atoms with E-state index in [0.717, 1.165) is 144 Å². The Bertz CT molecular complexity index is 8550. The van der Waals surface area contributed by atoms with Gasteiger partial charge in [0.05, 0.1) is 82.0 Å². The van der Waals surface area contributed by atoms with Crippen LogP contribution in [0.1, 0.15) is 22.3 Å². The minimum atomic E-state index is 0.376. The van der Waals surface area contributed by atoms with Crippen molar-refractivity contribution in [1.82, 2.24) is 39.0 Å². The van der Waals surface area contributed by atoms with Crippen molar-refractivity contribution in [3.05, 3.63) is 421 Å². The first-order valence-electron chi connectivity index (χ1n) is 41.9. The summed E-state index contributed by atoms with van der Waals surface area (Å²) in [5.41, 5.74) is 22.1. The maximum atomic E-state index is 9.98. The molecule has 0 spiro atoms. The molecule has 23 rings (SSSR count). The molecule has 0 bridgehead atoms.